The van der Waals surface area contributed by atoms with Crippen LogP contribution in [0.2, 0.25) is 0 Å². The van der Waals surface area contributed by atoms with Crippen LogP contribution in [-0.2, 0) is 9.47 Å². The predicted octanol–water partition coefficient (Wildman–Crippen LogP) is 11.3. The number of ether oxygens (including phenoxy) is 2. The zero-order chi connectivity index (χ0) is 37.0. The number of carbonyl (C=O) groups excluding carboxylic acids is 1. The molecule has 0 radical (unpaired) electrons. The average Bonchev–Trinajstić information content (AvgIpc) is 2.91. The fraction of sp³-hybridized carbons (Fsp3) is 0.968. The molecule has 1 N–H and O–H groups in total. The molecule has 0 aromatic carbocycles. The van der Waals surface area contributed by atoms with E-state index in [0.717, 1.165) is 12.8 Å². The summed E-state index contributed by atoms with van der Waals surface area (Å²) in [6, 6.07) is 0. The van der Waals surface area contributed by atoms with Crippen LogP contribution in [0.4, 0.5) is 57.5 Å². The third kappa shape index (κ3) is 10.2. The summed E-state index contributed by atoms with van der Waals surface area (Å²) in [6.45, 7) is 11.7. The van der Waals surface area contributed by atoms with Crippen molar-refractivity contribution < 1.29 is 72.1 Å². The van der Waals surface area contributed by atoms with Crippen LogP contribution in [0, 0.1) is 35.5 Å². The first-order valence-corrected chi connectivity index (χ1v) is 15.9. The zero-order valence-electron chi connectivity index (χ0n) is 27.7. The summed E-state index contributed by atoms with van der Waals surface area (Å²) < 4.78 is 167. The van der Waals surface area contributed by atoms with Crippen molar-refractivity contribution >= 4 is 6.16 Å². The number of rotatable bonds is 7. The van der Waals surface area contributed by atoms with Gasteiger partial charge in [0.05, 0.1) is 0 Å². The van der Waals surface area contributed by atoms with E-state index in [-0.39, 0.29) is 62.2 Å². The van der Waals surface area contributed by atoms with Gasteiger partial charge in [-0.2, -0.15) is 52.7 Å². The van der Waals surface area contributed by atoms with Crippen LogP contribution in [0.15, 0.2) is 0 Å². The van der Waals surface area contributed by atoms with E-state index in [1.807, 2.05) is 27.7 Å². The number of carbonyl (C=O) groups is 1. The molecule has 0 saturated heterocycles. The van der Waals surface area contributed by atoms with E-state index >= 15 is 0 Å². The van der Waals surface area contributed by atoms with E-state index in [9.17, 15) is 62.6 Å². The lowest BCUT2D eigenvalue weighted by Crippen LogP contribution is -2.64. The van der Waals surface area contributed by atoms with E-state index in [1.54, 1.807) is 0 Å². The van der Waals surface area contributed by atoms with Gasteiger partial charge < -0.3 is 14.6 Å². The maximum Gasteiger partial charge on any atom is 0.510 e. The molecule has 4 nitrogen and oxygen atoms in total. The van der Waals surface area contributed by atoms with Crippen molar-refractivity contribution in [1.29, 1.82) is 0 Å². The fourth-order valence-corrected chi connectivity index (χ4v) is 6.72. The van der Waals surface area contributed by atoms with Crippen molar-refractivity contribution in [3.63, 3.8) is 0 Å². The second-order valence-electron chi connectivity index (χ2n) is 14.1. The second-order valence-corrected chi connectivity index (χ2v) is 14.1. The summed E-state index contributed by atoms with van der Waals surface area (Å²) in [5.74, 6) is -3.01. The van der Waals surface area contributed by atoms with Crippen molar-refractivity contribution in [2.24, 2.45) is 35.5 Å². The monoisotopic (exact) mass is 712 g/mol. The number of hydrogen-bond donors (Lipinski definition) is 1. The quantitative estimate of drug-likeness (QED) is 0.211. The van der Waals surface area contributed by atoms with Gasteiger partial charge in [0, 0.05) is 11.8 Å². The highest BCUT2D eigenvalue weighted by atomic mass is 19.4. The minimum absolute atomic E-state index is 0.0620. The normalized spacial score (nSPS) is 25.3. The standard InChI is InChI=1S/C18H28F6O3.C13H20F6O/c1-6-11(2)12-7-9-13(10-8-12)16(17(19,20)21,18(22,23)24)27-14(25)26-15(3,4)5;1-3-8(2)9-4-6-10(7-5-9)11(20,12(14,15)16)13(17,18)19/h11-13H,6-10H2,1-5H3;8-10,20H,3-7H2,1-2H3. The van der Waals surface area contributed by atoms with Crippen LogP contribution in [-0.4, -0.2) is 52.8 Å². The summed E-state index contributed by atoms with van der Waals surface area (Å²) in [5.41, 5.74) is -10.4. The number of alkyl halides is 12. The molecule has 0 aromatic rings. The Balaban J connectivity index is 0.000000491. The first kappa shape index (κ1) is 43.4. The third-order valence-corrected chi connectivity index (χ3v) is 9.95. The van der Waals surface area contributed by atoms with E-state index in [2.05, 4.69) is 9.47 Å². The lowest BCUT2D eigenvalue weighted by molar-refractivity contribution is -0.388. The number of aliphatic hydroxyl groups is 1. The van der Waals surface area contributed by atoms with Gasteiger partial charge in [-0.1, -0.05) is 40.5 Å². The van der Waals surface area contributed by atoms with Crippen LogP contribution in [0.5, 0.6) is 0 Å². The van der Waals surface area contributed by atoms with Crippen molar-refractivity contribution in [1.82, 2.24) is 0 Å². The van der Waals surface area contributed by atoms with Gasteiger partial charge in [-0.3, -0.25) is 0 Å². The molecule has 0 heterocycles. The van der Waals surface area contributed by atoms with E-state index < -0.39 is 59.5 Å². The van der Waals surface area contributed by atoms with Gasteiger partial charge in [0.25, 0.3) is 5.60 Å². The Labute approximate surface area is 268 Å². The van der Waals surface area contributed by atoms with E-state index in [0.29, 0.717) is 12.8 Å². The topological polar surface area (TPSA) is 55.8 Å². The Bertz CT molecular complexity index is 937. The largest absolute Gasteiger partial charge is 0.510 e. The van der Waals surface area contributed by atoms with E-state index in [1.165, 1.54) is 20.8 Å². The first-order chi connectivity index (χ1) is 21.0. The third-order valence-electron chi connectivity index (χ3n) is 9.95. The Morgan fingerprint density at radius 3 is 1.17 bits per heavy atom. The van der Waals surface area contributed by atoms with Gasteiger partial charge >= 0.3 is 36.5 Å². The maximum atomic E-state index is 13.7. The molecule has 16 heteroatoms. The van der Waals surface area contributed by atoms with Crippen LogP contribution in [0.3, 0.4) is 0 Å². The average molecular weight is 713 g/mol. The summed E-state index contributed by atoms with van der Waals surface area (Å²) >= 11 is 0. The van der Waals surface area contributed by atoms with Gasteiger partial charge in [0.1, 0.15) is 5.60 Å². The first-order valence-electron chi connectivity index (χ1n) is 15.9. The minimum atomic E-state index is -5.81. The Morgan fingerprint density at radius 1 is 0.596 bits per heavy atom. The zero-order valence-corrected chi connectivity index (χ0v) is 27.7. The molecule has 2 saturated carbocycles. The van der Waals surface area contributed by atoms with Crippen molar-refractivity contribution in [3.05, 3.63) is 0 Å². The summed E-state index contributed by atoms with van der Waals surface area (Å²) in [7, 11) is 0. The van der Waals surface area contributed by atoms with Crippen LogP contribution >= 0.6 is 0 Å². The Morgan fingerprint density at radius 2 is 0.915 bits per heavy atom. The maximum absolute atomic E-state index is 13.7. The molecule has 47 heavy (non-hydrogen) atoms. The molecule has 280 valence electrons. The lowest BCUT2D eigenvalue weighted by atomic mass is 9.69. The van der Waals surface area contributed by atoms with Gasteiger partial charge in [0.2, 0.25) is 0 Å². The second kappa shape index (κ2) is 15.5. The molecular weight excluding hydrogens is 664 g/mol. The molecule has 2 rings (SSSR count). The van der Waals surface area contributed by atoms with Crippen LogP contribution < -0.4 is 0 Å². The highest BCUT2D eigenvalue weighted by molar-refractivity contribution is 5.61. The Hall–Kier alpha value is -1.61. The van der Waals surface area contributed by atoms with E-state index in [4.69, 9.17) is 0 Å². The molecule has 0 aliphatic heterocycles. The van der Waals surface area contributed by atoms with Crippen LogP contribution in [0.1, 0.15) is 113 Å². The molecule has 0 spiro atoms. The van der Waals surface area contributed by atoms with Gasteiger partial charge in [0.15, 0.2) is 0 Å². The molecule has 0 aromatic heterocycles. The highest BCUT2D eigenvalue weighted by Gasteiger charge is 2.78. The molecule has 0 amide bonds. The summed E-state index contributed by atoms with van der Waals surface area (Å²) in [5, 5.41) is 9.34. The van der Waals surface area contributed by atoms with Crippen molar-refractivity contribution in [2.45, 2.75) is 154 Å². The molecule has 0 bridgehead atoms. The summed E-state index contributed by atoms with van der Waals surface area (Å²) in [4.78, 5) is 11.8. The van der Waals surface area contributed by atoms with Crippen molar-refractivity contribution in [2.75, 3.05) is 0 Å². The van der Waals surface area contributed by atoms with Gasteiger partial charge in [-0.25, -0.2) is 4.79 Å². The molecule has 2 fully saturated rings. The fourth-order valence-electron chi connectivity index (χ4n) is 6.72. The van der Waals surface area contributed by atoms with Crippen LogP contribution in [0.25, 0.3) is 0 Å². The van der Waals surface area contributed by atoms with Gasteiger partial charge in [-0.05, 0) is 95.8 Å². The predicted molar refractivity (Wildman–Crippen MR) is 149 cm³/mol. The Kier molecular flexibility index (Phi) is 14.3. The SMILES string of the molecule is CCC(C)C1CCC(C(O)(C(F)(F)F)C(F)(F)F)CC1.CCC(C)C1CCC(C(OC(=O)OC(C)(C)C)(C(F)(F)F)C(F)(F)F)CC1. The van der Waals surface area contributed by atoms with Gasteiger partial charge in [-0.15, -0.1) is 0 Å². The summed E-state index contributed by atoms with van der Waals surface area (Å²) in [6.07, 6.45) is -23.4. The molecule has 2 unspecified atom stereocenters. The number of hydrogen-bond acceptors (Lipinski definition) is 4. The smallest absolute Gasteiger partial charge is 0.429 e. The van der Waals surface area contributed by atoms with Crippen molar-refractivity contribution in [3.8, 4) is 0 Å². The highest BCUT2D eigenvalue weighted by Crippen LogP contribution is 2.56. The molecule has 2 atom stereocenters. The number of halogens is 12. The lowest BCUT2D eigenvalue weighted by Gasteiger charge is -2.45. The molecule has 2 aliphatic rings. The molecular formula is C31H48F12O4. The minimum Gasteiger partial charge on any atom is -0.429 e. The molecule has 2 aliphatic carbocycles.